The number of nitrogens with one attached hydrogen (secondary N) is 1. The fraction of sp³-hybridized carbons (Fsp3) is 0. The average molecular weight is 137 g/mol. The summed E-state index contributed by atoms with van der Waals surface area (Å²) in [6.07, 6.45) is 1.62. The van der Waals surface area contributed by atoms with Crippen molar-refractivity contribution in [3.05, 3.63) is 18.3 Å². The quantitative estimate of drug-likeness (QED) is 0.250. The molecule has 1 rings (SSSR count). The first kappa shape index (κ1) is 8.68. The van der Waals surface area contributed by atoms with Gasteiger partial charge in [-0.1, -0.05) is 0 Å². The van der Waals surface area contributed by atoms with E-state index in [2.05, 4.69) is 9.87 Å². The predicted molar refractivity (Wildman–Crippen MR) is 21.4 cm³/mol. The van der Waals surface area contributed by atoms with Crippen molar-refractivity contribution in [1.29, 1.82) is 0 Å². The van der Waals surface area contributed by atoms with Crippen LogP contribution in [-0.4, -0.2) is 4.98 Å². The number of hydrogen-bond donors (Lipinski definition) is 1. The van der Waals surface area contributed by atoms with Crippen molar-refractivity contribution in [2.24, 2.45) is 0 Å². The van der Waals surface area contributed by atoms with Gasteiger partial charge in [0.2, 0.25) is 0 Å². The van der Waals surface area contributed by atoms with E-state index in [-0.39, 0.29) is 57.3 Å². The van der Waals surface area contributed by atoms with Gasteiger partial charge in [0, 0.05) is 6.20 Å². The molecule has 0 aliphatic carbocycles. The fourth-order valence-corrected chi connectivity index (χ4v) is 0.366. The Morgan fingerprint density at radius 1 is 1.62 bits per heavy atom. The molecule has 0 aliphatic rings. The van der Waals surface area contributed by atoms with Crippen LogP contribution in [0.3, 0.4) is 0 Å². The zero-order valence-corrected chi connectivity index (χ0v) is 7.67. The molecule has 0 unspecified atom stereocenters. The molecule has 1 N–H and O–H groups in total. The summed E-state index contributed by atoms with van der Waals surface area (Å²) in [7, 11) is 0. The zero-order chi connectivity index (χ0) is 5.11. The maximum Gasteiger partial charge on any atom is 1.00 e. The molecule has 38 valence electrons. The molecular formula is C4H4KNO2. The Labute approximate surface area is 89.4 Å². The van der Waals surface area contributed by atoms with E-state index in [9.17, 15) is 5.26 Å². The Bertz CT molecular complexity index is 129. The second kappa shape index (κ2) is 4.55. The summed E-state index contributed by atoms with van der Waals surface area (Å²) in [6, 6.07) is 3.24. The number of hydrogen-bond acceptors (Lipinski definition) is 2. The topological polar surface area (TPSA) is 48.1 Å². The monoisotopic (exact) mass is 137 g/mol. The van der Waals surface area contributed by atoms with E-state index in [1.807, 2.05) is 0 Å². The van der Waals surface area contributed by atoms with E-state index in [0.717, 1.165) is 0 Å². The van der Waals surface area contributed by atoms with Crippen LogP contribution in [-0.2, 0) is 0 Å². The molecule has 0 spiro atoms. The van der Waals surface area contributed by atoms with Crippen LogP contribution in [0.4, 0.5) is 0 Å². The fourth-order valence-electron chi connectivity index (χ4n) is 0.366. The Morgan fingerprint density at radius 2 is 2.38 bits per heavy atom. The van der Waals surface area contributed by atoms with E-state index >= 15 is 0 Å². The van der Waals surface area contributed by atoms with Crippen molar-refractivity contribution in [2.75, 3.05) is 0 Å². The minimum Gasteiger partial charge on any atom is -0.663 e. The van der Waals surface area contributed by atoms with Gasteiger partial charge in [-0.05, 0) is 12.1 Å². The Balaban J connectivity index is 0.000000490. The molecule has 1 heterocycles. The molecule has 3 nitrogen and oxygen atoms in total. The molecule has 0 atom stereocenters. The summed E-state index contributed by atoms with van der Waals surface area (Å²) >= 11 is 0. The first-order chi connectivity index (χ1) is 3.43. The molecule has 0 radical (unpaired) electrons. The predicted octanol–water partition coefficient (Wildman–Crippen LogP) is -3.33. The van der Waals surface area contributed by atoms with E-state index < -0.39 is 0 Å². The molecule has 1 aromatic rings. The molecule has 0 aliphatic heterocycles. The third kappa shape index (κ3) is 2.30. The summed E-state index contributed by atoms with van der Waals surface area (Å²) < 4.78 is 0. The van der Waals surface area contributed by atoms with Gasteiger partial charge < -0.3 is 15.1 Å². The van der Waals surface area contributed by atoms with Crippen molar-refractivity contribution in [3.63, 3.8) is 0 Å². The van der Waals surface area contributed by atoms with Crippen LogP contribution < -0.4 is 61.5 Å². The molecule has 8 heavy (non-hydrogen) atoms. The SMILES string of the molecule is [K+].[O-]Oc1ccc[nH]1. The second-order valence-corrected chi connectivity index (χ2v) is 1.12. The van der Waals surface area contributed by atoms with Gasteiger partial charge in [0.25, 0.3) is 0 Å². The van der Waals surface area contributed by atoms with Gasteiger partial charge in [-0.15, -0.1) is 0 Å². The smallest absolute Gasteiger partial charge is 0.663 e. The second-order valence-electron chi connectivity index (χ2n) is 1.12. The summed E-state index contributed by atoms with van der Waals surface area (Å²) in [4.78, 5) is 6.10. The standard InChI is InChI=1S/C4H5NO2.K/c6-7-4-2-1-3-5-4;/h1-3,5-6H;/q;+1/p-1. The van der Waals surface area contributed by atoms with Gasteiger partial charge in [-0.25, -0.2) is 0 Å². The summed E-state index contributed by atoms with van der Waals surface area (Å²) in [5.74, 6) is 0.250. The van der Waals surface area contributed by atoms with Crippen molar-refractivity contribution in [1.82, 2.24) is 4.98 Å². The third-order valence-electron chi connectivity index (χ3n) is 0.659. The average Bonchev–Trinajstić information content (AvgIpc) is 2.14. The normalized spacial score (nSPS) is 7.62. The van der Waals surface area contributed by atoms with Crippen molar-refractivity contribution < 1.29 is 61.5 Å². The molecule has 4 heteroatoms. The minimum absolute atomic E-state index is 0. The number of aromatic amines is 1. The molecule has 0 fully saturated rings. The van der Waals surface area contributed by atoms with Gasteiger partial charge in [0.05, 0.1) is 0 Å². The Morgan fingerprint density at radius 3 is 2.62 bits per heavy atom. The molecular weight excluding hydrogens is 133 g/mol. The van der Waals surface area contributed by atoms with E-state index in [1.165, 1.54) is 0 Å². The minimum atomic E-state index is 0. The van der Waals surface area contributed by atoms with Crippen LogP contribution in [0.25, 0.3) is 0 Å². The number of rotatable bonds is 1. The summed E-state index contributed by atoms with van der Waals surface area (Å²) in [5, 5.41) is 9.46. The number of aromatic nitrogens is 1. The molecule has 0 saturated heterocycles. The van der Waals surface area contributed by atoms with Crippen molar-refractivity contribution >= 4 is 0 Å². The van der Waals surface area contributed by atoms with Gasteiger partial charge in [-0.3, -0.25) is 0 Å². The van der Waals surface area contributed by atoms with Gasteiger partial charge in [-0.2, -0.15) is 0 Å². The summed E-state index contributed by atoms with van der Waals surface area (Å²) in [5.41, 5.74) is 0. The molecule has 0 bridgehead atoms. The molecule has 0 amide bonds. The van der Waals surface area contributed by atoms with E-state index in [4.69, 9.17) is 0 Å². The Hall–Kier alpha value is 0.676. The zero-order valence-electron chi connectivity index (χ0n) is 4.55. The first-order valence-electron chi connectivity index (χ1n) is 1.86. The summed E-state index contributed by atoms with van der Waals surface area (Å²) in [6.45, 7) is 0. The van der Waals surface area contributed by atoms with E-state index in [1.54, 1.807) is 18.3 Å². The molecule has 0 aromatic carbocycles. The van der Waals surface area contributed by atoms with Crippen LogP contribution in [0, 0.1) is 0 Å². The van der Waals surface area contributed by atoms with Gasteiger partial charge >= 0.3 is 51.4 Å². The van der Waals surface area contributed by atoms with Crippen LogP contribution in [0.2, 0.25) is 0 Å². The van der Waals surface area contributed by atoms with E-state index in [0.29, 0.717) is 0 Å². The molecule has 1 aromatic heterocycles. The number of H-pyrrole nitrogens is 1. The first-order valence-corrected chi connectivity index (χ1v) is 1.86. The van der Waals surface area contributed by atoms with Crippen LogP contribution >= 0.6 is 0 Å². The van der Waals surface area contributed by atoms with Crippen LogP contribution in [0.5, 0.6) is 5.88 Å². The van der Waals surface area contributed by atoms with Gasteiger partial charge in [0.1, 0.15) is 0 Å². The van der Waals surface area contributed by atoms with Crippen molar-refractivity contribution in [3.8, 4) is 5.88 Å². The van der Waals surface area contributed by atoms with Gasteiger partial charge in [0.15, 0.2) is 5.88 Å². The maximum atomic E-state index is 9.46. The Kier molecular flexibility index (Phi) is 4.93. The maximum absolute atomic E-state index is 9.46. The largest absolute Gasteiger partial charge is 1.00 e. The molecule has 0 saturated carbocycles. The van der Waals surface area contributed by atoms with Crippen LogP contribution in [0.1, 0.15) is 0 Å². The third-order valence-corrected chi connectivity index (χ3v) is 0.659. The van der Waals surface area contributed by atoms with Crippen LogP contribution in [0.15, 0.2) is 18.3 Å². The van der Waals surface area contributed by atoms with Crippen molar-refractivity contribution in [2.45, 2.75) is 0 Å².